The van der Waals surface area contributed by atoms with E-state index in [0.29, 0.717) is 41.1 Å². The van der Waals surface area contributed by atoms with Crippen LogP contribution in [0, 0.1) is 25.2 Å². The smallest absolute Gasteiger partial charge is 0.235 e. The number of rotatable bonds is 9. The molecule has 0 aliphatic carbocycles. The highest BCUT2D eigenvalue weighted by Crippen LogP contribution is 2.29. The second kappa shape index (κ2) is 10.9. The first-order valence-electron chi connectivity index (χ1n) is 11.1. The number of nitrogens with zero attached hydrogens (tertiary/aromatic N) is 6. The summed E-state index contributed by atoms with van der Waals surface area (Å²) in [5, 5.41) is 25.1. The van der Waals surface area contributed by atoms with E-state index in [2.05, 4.69) is 26.9 Å². The van der Waals surface area contributed by atoms with E-state index in [1.54, 1.807) is 4.68 Å². The molecule has 4 rings (SSSR count). The standard InChI is InChI=1S/C25H25N7O2S/c1-4-34-22-13-9-8-12-21(22)32-25(28-29-30-32)35-16-23(33)27-24-20(14-26)17(2)18(3)31(24)15-19-10-6-5-7-11-19/h5-13H,4,15-16H2,1-3H3,(H,27,33). The summed E-state index contributed by atoms with van der Waals surface area (Å²) in [4.78, 5) is 13.0. The lowest BCUT2D eigenvalue weighted by molar-refractivity contribution is -0.113. The highest BCUT2D eigenvalue weighted by atomic mass is 32.2. The number of para-hydroxylation sites is 2. The Balaban J connectivity index is 1.53. The molecular formula is C25H25N7O2S. The van der Waals surface area contributed by atoms with Gasteiger partial charge in [0.05, 0.1) is 17.9 Å². The predicted molar refractivity (Wildman–Crippen MR) is 134 cm³/mol. The van der Waals surface area contributed by atoms with Crippen LogP contribution < -0.4 is 10.1 Å². The first kappa shape index (κ1) is 24.0. The fourth-order valence-corrected chi connectivity index (χ4v) is 4.41. The third kappa shape index (κ3) is 5.20. The Morgan fingerprint density at radius 1 is 1.14 bits per heavy atom. The van der Waals surface area contributed by atoms with E-state index in [-0.39, 0.29) is 11.7 Å². The Morgan fingerprint density at radius 2 is 1.89 bits per heavy atom. The Labute approximate surface area is 207 Å². The van der Waals surface area contributed by atoms with Gasteiger partial charge in [-0.1, -0.05) is 54.2 Å². The molecular weight excluding hydrogens is 462 g/mol. The Morgan fingerprint density at radius 3 is 2.63 bits per heavy atom. The predicted octanol–water partition coefficient (Wildman–Crippen LogP) is 4.13. The van der Waals surface area contributed by atoms with Crippen LogP contribution in [-0.4, -0.2) is 43.0 Å². The van der Waals surface area contributed by atoms with Gasteiger partial charge in [0.1, 0.15) is 23.3 Å². The number of nitrogens with one attached hydrogen (secondary N) is 1. The zero-order valence-electron chi connectivity index (χ0n) is 19.7. The van der Waals surface area contributed by atoms with Gasteiger partial charge in [0.2, 0.25) is 11.1 Å². The molecule has 0 radical (unpaired) electrons. The Kier molecular flexibility index (Phi) is 7.48. The minimum absolute atomic E-state index is 0.0661. The quantitative estimate of drug-likeness (QED) is 0.353. The van der Waals surface area contributed by atoms with Crippen molar-refractivity contribution in [3.63, 3.8) is 0 Å². The van der Waals surface area contributed by atoms with Gasteiger partial charge in [0, 0.05) is 12.2 Å². The average molecular weight is 488 g/mol. The first-order valence-corrected chi connectivity index (χ1v) is 12.1. The number of ether oxygens (including phenoxy) is 1. The lowest BCUT2D eigenvalue weighted by Crippen LogP contribution is -2.19. The van der Waals surface area contributed by atoms with E-state index in [9.17, 15) is 10.1 Å². The van der Waals surface area contributed by atoms with Gasteiger partial charge in [-0.3, -0.25) is 4.79 Å². The first-order chi connectivity index (χ1) is 17.0. The summed E-state index contributed by atoms with van der Waals surface area (Å²) in [5.41, 5.74) is 4.02. The molecule has 10 heteroatoms. The minimum atomic E-state index is -0.258. The average Bonchev–Trinajstić information content (AvgIpc) is 3.42. The van der Waals surface area contributed by atoms with Crippen molar-refractivity contribution in [1.29, 1.82) is 5.26 Å². The Hall–Kier alpha value is -4.10. The number of carbonyl (C=O) groups excluding carboxylic acids is 1. The summed E-state index contributed by atoms with van der Waals surface area (Å²) in [6, 6.07) is 19.6. The fourth-order valence-electron chi connectivity index (χ4n) is 3.72. The van der Waals surface area contributed by atoms with Crippen molar-refractivity contribution >= 4 is 23.5 Å². The highest BCUT2D eigenvalue weighted by molar-refractivity contribution is 7.99. The zero-order valence-corrected chi connectivity index (χ0v) is 20.5. The SMILES string of the molecule is CCOc1ccccc1-n1nnnc1SCC(=O)Nc1c(C#N)c(C)c(C)n1Cc1ccccc1. The molecule has 0 saturated heterocycles. The number of anilines is 1. The van der Waals surface area contributed by atoms with Crippen molar-refractivity contribution in [2.24, 2.45) is 0 Å². The van der Waals surface area contributed by atoms with Crippen LogP contribution in [0.15, 0.2) is 59.8 Å². The molecule has 1 N–H and O–H groups in total. The molecule has 0 aliphatic heterocycles. The molecule has 2 aromatic heterocycles. The number of carbonyl (C=O) groups is 1. The third-order valence-corrected chi connectivity index (χ3v) is 6.47. The van der Waals surface area contributed by atoms with Gasteiger partial charge in [-0.05, 0) is 54.5 Å². The van der Waals surface area contributed by atoms with E-state index in [1.807, 2.05) is 79.9 Å². The molecule has 178 valence electrons. The van der Waals surface area contributed by atoms with Crippen molar-refractivity contribution in [1.82, 2.24) is 24.8 Å². The summed E-state index contributed by atoms with van der Waals surface area (Å²) >= 11 is 1.20. The monoisotopic (exact) mass is 487 g/mol. The molecule has 35 heavy (non-hydrogen) atoms. The van der Waals surface area contributed by atoms with Crippen LogP contribution in [0.5, 0.6) is 5.75 Å². The highest BCUT2D eigenvalue weighted by Gasteiger charge is 2.21. The van der Waals surface area contributed by atoms with Crippen molar-refractivity contribution in [2.75, 3.05) is 17.7 Å². The molecule has 0 bridgehead atoms. The van der Waals surface area contributed by atoms with Crippen LogP contribution >= 0.6 is 11.8 Å². The molecule has 0 atom stereocenters. The van der Waals surface area contributed by atoms with Crippen molar-refractivity contribution in [3.05, 3.63) is 77.0 Å². The summed E-state index contributed by atoms with van der Waals surface area (Å²) in [6.07, 6.45) is 0. The lowest BCUT2D eigenvalue weighted by Gasteiger charge is -2.13. The summed E-state index contributed by atoms with van der Waals surface area (Å²) < 4.78 is 9.20. The van der Waals surface area contributed by atoms with E-state index < -0.39 is 0 Å². The van der Waals surface area contributed by atoms with Gasteiger partial charge in [-0.25, -0.2) is 0 Å². The maximum atomic E-state index is 13.0. The second-order valence-corrected chi connectivity index (χ2v) is 8.67. The van der Waals surface area contributed by atoms with Crippen molar-refractivity contribution < 1.29 is 9.53 Å². The van der Waals surface area contributed by atoms with E-state index in [0.717, 1.165) is 16.8 Å². The van der Waals surface area contributed by atoms with E-state index in [4.69, 9.17) is 4.74 Å². The summed E-state index contributed by atoms with van der Waals surface area (Å²) in [7, 11) is 0. The number of hydrogen-bond acceptors (Lipinski definition) is 7. The molecule has 2 aromatic carbocycles. The van der Waals surface area contributed by atoms with Gasteiger partial charge in [-0.15, -0.1) is 5.10 Å². The normalized spacial score (nSPS) is 10.7. The molecule has 0 aliphatic rings. The van der Waals surface area contributed by atoms with Crippen LogP contribution in [0.25, 0.3) is 5.69 Å². The molecule has 9 nitrogen and oxygen atoms in total. The van der Waals surface area contributed by atoms with Crippen LogP contribution in [0.1, 0.15) is 29.3 Å². The second-order valence-electron chi connectivity index (χ2n) is 7.73. The molecule has 0 spiro atoms. The largest absolute Gasteiger partial charge is 0.492 e. The maximum absolute atomic E-state index is 13.0. The number of benzene rings is 2. The van der Waals surface area contributed by atoms with E-state index in [1.165, 1.54) is 11.8 Å². The van der Waals surface area contributed by atoms with Gasteiger partial charge in [0.15, 0.2) is 0 Å². The number of amides is 1. The minimum Gasteiger partial charge on any atom is -0.492 e. The number of thioether (sulfide) groups is 1. The van der Waals surface area contributed by atoms with Crippen LogP contribution in [0.2, 0.25) is 0 Å². The topological polar surface area (TPSA) is 111 Å². The van der Waals surface area contributed by atoms with Crippen LogP contribution in [0.4, 0.5) is 5.82 Å². The lowest BCUT2D eigenvalue weighted by atomic mass is 10.2. The zero-order chi connectivity index (χ0) is 24.8. The van der Waals surface area contributed by atoms with Gasteiger partial charge in [0.25, 0.3) is 0 Å². The number of nitriles is 1. The fraction of sp³-hybridized carbons (Fsp3) is 0.240. The molecule has 1 amide bonds. The van der Waals surface area contributed by atoms with E-state index >= 15 is 0 Å². The molecule has 0 unspecified atom stereocenters. The molecule has 4 aromatic rings. The number of tetrazole rings is 1. The third-order valence-electron chi connectivity index (χ3n) is 5.55. The summed E-state index contributed by atoms with van der Waals surface area (Å²) in [6.45, 7) is 6.80. The molecule has 0 fully saturated rings. The van der Waals surface area contributed by atoms with Gasteiger partial charge < -0.3 is 14.6 Å². The van der Waals surface area contributed by atoms with Crippen LogP contribution in [-0.2, 0) is 11.3 Å². The molecule has 0 saturated carbocycles. The number of aromatic nitrogens is 5. The maximum Gasteiger partial charge on any atom is 0.235 e. The van der Waals surface area contributed by atoms with Crippen molar-refractivity contribution in [3.8, 4) is 17.5 Å². The Bertz CT molecular complexity index is 1370. The van der Waals surface area contributed by atoms with Crippen LogP contribution in [0.3, 0.4) is 0 Å². The van der Waals surface area contributed by atoms with Crippen molar-refractivity contribution in [2.45, 2.75) is 32.5 Å². The molecule has 2 heterocycles. The van der Waals surface area contributed by atoms with Gasteiger partial charge in [-0.2, -0.15) is 9.94 Å². The number of hydrogen-bond donors (Lipinski definition) is 1. The summed E-state index contributed by atoms with van der Waals surface area (Å²) in [5.74, 6) is 0.956. The van der Waals surface area contributed by atoms with Gasteiger partial charge >= 0.3 is 0 Å².